The molecule has 0 bridgehead atoms. The Morgan fingerprint density at radius 3 is 2.46 bits per heavy atom. The number of hydrogen-bond acceptors (Lipinski definition) is 4. The lowest BCUT2D eigenvalue weighted by Crippen LogP contribution is -2.48. The number of hydrogen-bond donors (Lipinski definition) is 3. The van der Waals surface area contributed by atoms with E-state index in [1.54, 1.807) is 24.3 Å². The summed E-state index contributed by atoms with van der Waals surface area (Å²) in [7, 11) is 0. The van der Waals surface area contributed by atoms with E-state index in [9.17, 15) is 4.79 Å². The number of carbonyl (C=O) groups excluding carboxylic acids is 1. The van der Waals surface area contributed by atoms with E-state index < -0.39 is 0 Å². The minimum Gasteiger partial charge on any atom is -0.484 e. The molecular formula is C18H17ClN4O2S. The number of ether oxygens (including phenoxy) is 1. The Bertz CT molecular complexity index is 788. The summed E-state index contributed by atoms with van der Waals surface area (Å²) in [5.74, 6) is 0.124. The van der Waals surface area contributed by atoms with Gasteiger partial charge in [0.1, 0.15) is 5.75 Å². The first-order chi connectivity index (χ1) is 12.6. The molecule has 0 aliphatic heterocycles. The fraction of sp³-hybridized carbons (Fsp3) is 0.167. The lowest BCUT2D eigenvalue weighted by molar-refractivity contribution is -0.123. The van der Waals surface area contributed by atoms with Crippen molar-refractivity contribution in [3.8, 4) is 11.8 Å². The van der Waals surface area contributed by atoms with Crippen LogP contribution in [0.1, 0.15) is 11.1 Å². The zero-order valence-electron chi connectivity index (χ0n) is 13.8. The molecule has 0 aliphatic carbocycles. The van der Waals surface area contributed by atoms with Gasteiger partial charge in [0.25, 0.3) is 5.91 Å². The fourth-order valence-corrected chi connectivity index (χ4v) is 2.23. The quantitative estimate of drug-likeness (QED) is 0.520. The highest BCUT2D eigenvalue weighted by Crippen LogP contribution is 2.11. The number of thiocarbonyl (C=S) groups is 1. The van der Waals surface area contributed by atoms with Gasteiger partial charge < -0.3 is 10.1 Å². The van der Waals surface area contributed by atoms with Gasteiger partial charge >= 0.3 is 0 Å². The van der Waals surface area contributed by atoms with E-state index >= 15 is 0 Å². The van der Waals surface area contributed by atoms with Crippen LogP contribution in [0.3, 0.4) is 0 Å². The second kappa shape index (κ2) is 10.2. The van der Waals surface area contributed by atoms with Crippen LogP contribution >= 0.6 is 23.8 Å². The minimum absolute atomic E-state index is 0.174. The number of nitrogens with zero attached hydrogens (tertiary/aromatic N) is 1. The maximum atomic E-state index is 11.7. The van der Waals surface area contributed by atoms with Crippen LogP contribution in [0.4, 0.5) is 0 Å². The van der Waals surface area contributed by atoms with Crippen molar-refractivity contribution in [1.29, 1.82) is 5.26 Å². The molecule has 0 unspecified atom stereocenters. The molecule has 3 N–H and O–H groups in total. The summed E-state index contributed by atoms with van der Waals surface area (Å²) in [6.07, 6.45) is 0.773. The lowest BCUT2D eigenvalue weighted by Gasteiger charge is -2.12. The topological polar surface area (TPSA) is 86.2 Å². The molecule has 0 aliphatic rings. The Labute approximate surface area is 162 Å². The first-order valence-corrected chi connectivity index (χ1v) is 8.55. The molecule has 8 heteroatoms. The van der Waals surface area contributed by atoms with E-state index in [1.807, 2.05) is 30.3 Å². The van der Waals surface area contributed by atoms with Crippen molar-refractivity contribution >= 4 is 34.8 Å². The molecule has 0 saturated heterocycles. The van der Waals surface area contributed by atoms with Gasteiger partial charge in [-0.3, -0.25) is 15.6 Å². The second-order valence-corrected chi connectivity index (χ2v) is 6.08. The average Bonchev–Trinajstić information content (AvgIpc) is 2.66. The van der Waals surface area contributed by atoms with Gasteiger partial charge in [0.2, 0.25) is 0 Å². The van der Waals surface area contributed by atoms with Crippen LogP contribution in [-0.2, 0) is 11.2 Å². The molecule has 0 atom stereocenters. The van der Waals surface area contributed by atoms with Gasteiger partial charge in [-0.1, -0.05) is 23.7 Å². The number of hydrazine groups is 1. The Morgan fingerprint density at radius 2 is 1.81 bits per heavy atom. The molecule has 0 fully saturated rings. The number of benzene rings is 2. The molecule has 0 heterocycles. The molecular weight excluding hydrogens is 372 g/mol. The van der Waals surface area contributed by atoms with E-state index in [1.165, 1.54) is 0 Å². The predicted octanol–water partition coefficient (Wildman–Crippen LogP) is 2.33. The molecule has 0 saturated carbocycles. The summed E-state index contributed by atoms with van der Waals surface area (Å²) in [4.78, 5) is 11.7. The maximum Gasteiger partial charge on any atom is 0.276 e. The molecule has 1 amide bonds. The SMILES string of the molecule is N#Cc1ccc(OCC(=O)NNC(=S)NCCc2ccc(Cl)cc2)cc1. The van der Waals surface area contributed by atoms with E-state index in [-0.39, 0.29) is 12.5 Å². The Balaban J connectivity index is 1.61. The van der Waals surface area contributed by atoms with E-state index in [4.69, 9.17) is 33.8 Å². The third-order valence-electron chi connectivity index (χ3n) is 3.28. The summed E-state index contributed by atoms with van der Waals surface area (Å²) < 4.78 is 5.31. The zero-order chi connectivity index (χ0) is 18.8. The fourth-order valence-electron chi connectivity index (χ4n) is 1.95. The van der Waals surface area contributed by atoms with Gasteiger partial charge in [0.15, 0.2) is 11.7 Å². The van der Waals surface area contributed by atoms with Crippen molar-refractivity contribution in [1.82, 2.24) is 16.2 Å². The van der Waals surface area contributed by atoms with Gasteiger partial charge in [-0.05, 0) is 60.6 Å². The Morgan fingerprint density at radius 1 is 1.12 bits per heavy atom. The summed E-state index contributed by atoms with van der Waals surface area (Å²) in [6, 6.07) is 16.1. The molecule has 134 valence electrons. The summed E-state index contributed by atoms with van der Waals surface area (Å²) >= 11 is 10.9. The van der Waals surface area contributed by atoms with Crippen molar-refractivity contribution in [3.05, 3.63) is 64.7 Å². The highest BCUT2D eigenvalue weighted by atomic mass is 35.5. The van der Waals surface area contributed by atoms with Gasteiger partial charge in [-0.15, -0.1) is 0 Å². The predicted molar refractivity (Wildman–Crippen MR) is 104 cm³/mol. The third-order valence-corrected chi connectivity index (χ3v) is 3.78. The van der Waals surface area contributed by atoms with Crippen molar-refractivity contribution in [2.24, 2.45) is 0 Å². The number of carbonyl (C=O) groups is 1. The number of rotatable bonds is 6. The maximum absolute atomic E-state index is 11.7. The Kier molecular flexibility index (Phi) is 7.68. The summed E-state index contributed by atoms with van der Waals surface area (Å²) in [5.41, 5.74) is 6.71. The number of nitriles is 1. The molecule has 2 aromatic carbocycles. The second-order valence-electron chi connectivity index (χ2n) is 5.23. The van der Waals surface area contributed by atoms with Crippen molar-refractivity contribution in [3.63, 3.8) is 0 Å². The molecule has 0 spiro atoms. The summed E-state index contributed by atoms with van der Waals surface area (Å²) in [6.45, 7) is 0.442. The minimum atomic E-state index is -0.379. The molecule has 2 aromatic rings. The number of nitrogens with one attached hydrogen (secondary N) is 3. The van der Waals surface area contributed by atoms with Crippen LogP contribution < -0.4 is 20.9 Å². The van der Waals surface area contributed by atoms with Crippen molar-refractivity contribution in [2.75, 3.05) is 13.2 Å². The van der Waals surface area contributed by atoms with Crippen molar-refractivity contribution < 1.29 is 9.53 Å². The molecule has 0 radical (unpaired) electrons. The Hall–Kier alpha value is -2.82. The van der Waals surface area contributed by atoms with Crippen molar-refractivity contribution in [2.45, 2.75) is 6.42 Å². The first-order valence-electron chi connectivity index (χ1n) is 7.77. The summed E-state index contributed by atoms with van der Waals surface area (Å²) in [5, 5.41) is 12.7. The standard InChI is InChI=1S/C18H17ClN4O2S/c19-15-5-1-13(2-6-15)9-10-21-18(26)23-22-17(24)12-25-16-7-3-14(11-20)4-8-16/h1-8H,9-10,12H2,(H,22,24)(H2,21,23,26). The third kappa shape index (κ3) is 6.97. The average molecular weight is 389 g/mol. The highest BCUT2D eigenvalue weighted by Gasteiger charge is 2.04. The first kappa shape index (κ1) is 19.5. The monoisotopic (exact) mass is 388 g/mol. The molecule has 0 aromatic heterocycles. The van der Waals surface area contributed by atoms with E-state index in [2.05, 4.69) is 16.2 Å². The molecule has 6 nitrogen and oxygen atoms in total. The highest BCUT2D eigenvalue weighted by molar-refractivity contribution is 7.80. The van der Waals surface area contributed by atoms with Gasteiger partial charge in [0, 0.05) is 11.6 Å². The van der Waals surface area contributed by atoms with Crippen LogP contribution in [0.5, 0.6) is 5.75 Å². The van der Waals surface area contributed by atoms with Gasteiger partial charge in [-0.25, -0.2) is 0 Å². The molecule has 26 heavy (non-hydrogen) atoms. The van der Waals surface area contributed by atoms with E-state index in [0.29, 0.717) is 28.0 Å². The van der Waals surface area contributed by atoms with Crippen LogP contribution in [0, 0.1) is 11.3 Å². The number of amides is 1. The van der Waals surface area contributed by atoms with Crippen LogP contribution in [0.2, 0.25) is 5.02 Å². The number of halogens is 1. The zero-order valence-corrected chi connectivity index (χ0v) is 15.4. The van der Waals surface area contributed by atoms with Crippen LogP contribution in [0.15, 0.2) is 48.5 Å². The normalized spacial score (nSPS) is 9.69. The van der Waals surface area contributed by atoms with Crippen LogP contribution in [0.25, 0.3) is 0 Å². The smallest absolute Gasteiger partial charge is 0.276 e. The van der Waals surface area contributed by atoms with E-state index in [0.717, 1.165) is 12.0 Å². The van der Waals surface area contributed by atoms with Crippen LogP contribution in [-0.4, -0.2) is 24.2 Å². The largest absolute Gasteiger partial charge is 0.484 e. The van der Waals surface area contributed by atoms with Gasteiger partial charge in [-0.2, -0.15) is 5.26 Å². The molecule has 2 rings (SSSR count). The lowest BCUT2D eigenvalue weighted by atomic mass is 10.1. The van der Waals surface area contributed by atoms with Gasteiger partial charge in [0.05, 0.1) is 11.6 Å².